The fraction of sp³-hybridized carbons (Fsp3) is 0.533. The van der Waals surface area contributed by atoms with E-state index in [0.29, 0.717) is 6.10 Å². The summed E-state index contributed by atoms with van der Waals surface area (Å²) in [5.74, 6) is 0. The lowest BCUT2D eigenvalue weighted by atomic mass is 10.1. The van der Waals surface area contributed by atoms with Crippen LogP contribution in [0.25, 0.3) is 11.0 Å². The van der Waals surface area contributed by atoms with E-state index in [2.05, 4.69) is 21.4 Å². The minimum absolute atomic E-state index is 0.464. The van der Waals surface area contributed by atoms with Crippen LogP contribution >= 0.6 is 0 Å². The first-order valence-corrected chi connectivity index (χ1v) is 7.17. The van der Waals surface area contributed by atoms with Gasteiger partial charge in [0.25, 0.3) is 0 Å². The molecule has 1 saturated heterocycles. The van der Waals surface area contributed by atoms with Gasteiger partial charge in [-0.2, -0.15) is 0 Å². The Balaban J connectivity index is 1.47. The normalized spacial score (nSPS) is 19.9. The second-order valence-corrected chi connectivity index (χ2v) is 5.17. The average Bonchev–Trinajstić information content (AvgIpc) is 2.88. The summed E-state index contributed by atoms with van der Waals surface area (Å²) in [7, 11) is 0. The average molecular weight is 259 g/mol. The van der Waals surface area contributed by atoms with Crippen LogP contribution in [0.15, 0.2) is 24.5 Å². The molecule has 0 amide bonds. The van der Waals surface area contributed by atoms with Crippen molar-refractivity contribution in [3.05, 3.63) is 30.1 Å². The fourth-order valence-corrected chi connectivity index (χ4v) is 2.68. The van der Waals surface area contributed by atoms with Crippen molar-refractivity contribution in [3.8, 4) is 0 Å². The van der Waals surface area contributed by atoms with E-state index in [1.165, 1.54) is 30.2 Å². The number of hydrogen-bond acceptors (Lipinski definition) is 3. The summed E-state index contributed by atoms with van der Waals surface area (Å²) in [6.07, 6.45) is 9.20. The maximum Gasteiger partial charge on any atom is 0.137 e. The summed E-state index contributed by atoms with van der Waals surface area (Å²) in [5.41, 5.74) is 2.25. The molecule has 4 heteroatoms. The van der Waals surface area contributed by atoms with Crippen molar-refractivity contribution >= 4 is 11.0 Å². The molecule has 0 bridgehead atoms. The van der Waals surface area contributed by atoms with Crippen LogP contribution in [0, 0.1) is 0 Å². The summed E-state index contributed by atoms with van der Waals surface area (Å²) >= 11 is 0. The Morgan fingerprint density at radius 2 is 2.42 bits per heavy atom. The van der Waals surface area contributed by atoms with E-state index in [9.17, 15) is 0 Å². The highest BCUT2D eigenvalue weighted by Gasteiger charge is 2.12. The van der Waals surface area contributed by atoms with Gasteiger partial charge in [0.1, 0.15) is 5.65 Å². The van der Waals surface area contributed by atoms with Gasteiger partial charge in [-0.05, 0) is 49.9 Å². The molecule has 0 aliphatic carbocycles. The second kappa shape index (κ2) is 6.17. The lowest BCUT2D eigenvalue weighted by Gasteiger charge is -2.22. The number of nitrogens with zero attached hydrogens (tertiary/aromatic N) is 1. The number of rotatable bonds is 5. The number of aromatic nitrogens is 2. The predicted molar refractivity (Wildman–Crippen MR) is 76.0 cm³/mol. The Labute approximate surface area is 113 Å². The van der Waals surface area contributed by atoms with Crippen LogP contribution in [0.5, 0.6) is 0 Å². The van der Waals surface area contributed by atoms with E-state index >= 15 is 0 Å². The summed E-state index contributed by atoms with van der Waals surface area (Å²) < 4.78 is 5.73. The number of fused-ring (bicyclic) bond motifs is 1. The van der Waals surface area contributed by atoms with Gasteiger partial charge in [-0.3, -0.25) is 0 Å². The monoisotopic (exact) mass is 259 g/mol. The highest BCUT2D eigenvalue weighted by atomic mass is 16.5. The highest BCUT2D eigenvalue weighted by Crippen LogP contribution is 2.16. The number of hydrogen-bond donors (Lipinski definition) is 2. The van der Waals surface area contributed by atoms with Gasteiger partial charge in [0.2, 0.25) is 0 Å². The first-order chi connectivity index (χ1) is 9.43. The molecule has 0 saturated carbocycles. The van der Waals surface area contributed by atoms with Crippen LogP contribution in [-0.2, 0) is 11.3 Å². The van der Waals surface area contributed by atoms with Gasteiger partial charge in [0, 0.05) is 30.9 Å². The molecule has 2 N–H and O–H groups in total. The molecule has 1 aliphatic heterocycles. The molecule has 1 atom stereocenters. The third kappa shape index (κ3) is 3.14. The van der Waals surface area contributed by atoms with Crippen molar-refractivity contribution in [1.82, 2.24) is 15.3 Å². The topological polar surface area (TPSA) is 49.9 Å². The molecule has 19 heavy (non-hydrogen) atoms. The first kappa shape index (κ1) is 12.6. The van der Waals surface area contributed by atoms with Crippen molar-refractivity contribution in [3.63, 3.8) is 0 Å². The Bertz CT molecular complexity index is 517. The van der Waals surface area contributed by atoms with Crippen LogP contribution in [0.3, 0.4) is 0 Å². The predicted octanol–water partition coefficient (Wildman–Crippen LogP) is 2.61. The molecule has 3 rings (SSSR count). The lowest BCUT2D eigenvalue weighted by Crippen LogP contribution is -2.25. The number of pyridine rings is 1. The Morgan fingerprint density at radius 3 is 3.32 bits per heavy atom. The highest BCUT2D eigenvalue weighted by molar-refractivity contribution is 5.79. The van der Waals surface area contributed by atoms with Crippen molar-refractivity contribution in [1.29, 1.82) is 0 Å². The third-order valence-corrected chi connectivity index (χ3v) is 3.77. The van der Waals surface area contributed by atoms with E-state index in [0.717, 1.165) is 31.8 Å². The smallest absolute Gasteiger partial charge is 0.137 e. The van der Waals surface area contributed by atoms with Crippen LogP contribution in [-0.4, -0.2) is 29.2 Å². The van der Waals surface area contributed by atoms with Gasteiger partial charge < -0.3 is 15.0 Å². The number of ether oxygens (including phenoxy) is 1. The van der Waals surface area contributed by atoms with Crippen LogP contribution in [0.2, 0.25) is 0 Å². The quantitative estimate of drug-likeness (QED) is 0.811. The molecule has 2 aromatic rings. The molecule has 1 unspecified atom stereocenters. The van der Waals surface area contributed by atoms with Gasteiger partial charge in [-0.25, -0.2) is 4.98 Å². The Kier molecular flexibility index (Phi) is 4.10. The molecule has 1 fully saturated rings. The van der Waals surface area contributed by atoms with Gasteiger partial charge in [-0.1, -0.05) is 0 Å². The van der Waals surface area contributed by atoms with Crippen molar-refractivity contribution in [2.24, 2.45) is 0 Å². The molecule has 2 aromatic heterocycles. The summed E-state index contributed by atoms with van der Waals surface area (Å²) in [5, 5.41) is 4.71. The van der Waals surface area contributed by atoms with E-state index in [4.69, 9.17) is 4.74 Å². The standard InChI is InChI=1S/C15H21N3O/c1-2-9-19-13(4-1)6-8-16-10-12-11-18-15-14(12)5-3-7-17-15/h3,5,7,11,13,16H,1-2,4,6,8-10H2,(H,17,18). The van der Waals surface area contributed by atoms with Crippen molar-refractivity contribution in [2.45, 2.75) is 38.3 Å². The van der Waals surface area contributed by atoms with Crippen LogP contribution in [0.4, 0.5) is 0 Å². The van der Waals surface area contributed by atoms with Crippen molar-refractivity contribution in [2.75, 3.05) is 13.2 Å². The summed E-state index contributed by atoms with van der Waals surface area (Å²) in [4.78, 5) is 7.50. The minimum Gasteiger partial charge on any atom is -0.378 e. The maximum atomic E-state index is 5.73. The fourth-order valence-electron chi connectivity index (χ4n) is 2.68. The van der Waals surface area contributed by atoms with E-state index < -0.39 is 0 Å². The lowest BCUT2D eigenvalue weighted by molar-refractivity contribution is 0.0115. The molecule has 3 heterocycles. The van der Waals surface area contributed by atoms with E-state index in [-0.39, 0.29) is 0 Å². The zero-order valence-electron chi connectivity index (χ0n) is 11.2. The Hall–Kier alpha value is -1.39. The van der Waals surface area contributed by atoms with Gasteiger partial charge >= 0.3 is 0 Å². The van der Waals surface area contributed by atoms with Crippen LogP contribution < -0.4 is 5.32 Å². The molecule has 0 radical (unpaired) electrons. The second-order valence-electron chi connectivity index (χ2n) is 5.17. The maximum absolute atomic E-state index is 5.73. The molecular weight excluding hydrogens is 238 g/mol. The minimum atomic E-state index is 0.464. The molecule has 102 valence electrons. The zero-order chi connectivity index (χ0) is 12.9. The summed E-state index contributed by atoms with van der Waals surface area (Å²) in [6, 6.07) is 4.09. The molecular formula is C15H21N3O. The van der Waals surface area contributed by atoms with Gasteiger partial charge in [-0.15, -0.1) is 0 Å². The number of aromatic amines is 1. The van der Waals surface area contributed by atoms with E-state index in [1.54, 1.807) is 0 Å². The molecule has 0 aromatic carbocycles. The summed E-state index contributed by atoms with van der Waals surface area (Å²) in [6.45, 7) is 2.84. The molecule has 0 spiro atoms. The van der Waals surface area contributed by atoms with Crippen molar-refractivity contribution < 1.29 is 4.74 Å². The first-order valence-electron chi connectivity index (χ1n) is 7.17. The molecule has 1 aliphatic rings. The molecule has 4 nitrogen and oxygen atoms in total. The third-order valence-electron chi connectivity index (χ3n) is 3.77. The Morgan fingerprint density at radius 1 is 1.42 bits per heavy atom. The number of H-pyrrole nitrogens is 1. The van der Waals surface area contributed by atoms with Crippen LogP contribution in [0.1, 0.15) is 31.2 Å². The van der Waals surface area contributed by atoms with Gasteiger partial charge in [0.15, 0.2) is 0 Å². The number of nitrogens with one attached hydrogen (secondary N) is 2. The van der Waals surface area contributed by atoms with E-state index in [1.807, 2.05) is 18.5 Å². The van der Waals surface area contributed by atoms with Gasteiger partial charge in [0.05, 0.1) is 6.10 Å². The zero-order valence-corrected chi connectivity index (χ0v) is 11.2. The largest absolute Gasteiger partial charge is 0.378 e. The SMILES string of the molecule is c1cnc2[nH]cc(CNCCC3CCCCO3)c2c1.